The number of anilines is 1. The molecular weight excluding hydrogens is 383 g/mol. The van der Waals surface area contributed by atoms with Crippen molar-refractivity contribution in [1.29, 1.82) is 5.26 Å². The zero-order chi connectivity index (χ0) is 20.9. The number of hydrogen-bond acceptors (Lipinski definition) is 3. The van der Waals surface area contributed by atoms with Gasteiger partial charge in [-0.15, -0.1) is 0 Å². The molecule has 0 aromatic heterocycles. The first kappa shape index (κ1) is 20.5. The van der Waals surface area contributed by atoms with Crippen molar-refractivity contribution in [3.8, 4) is 11.8 Å². The van der Waals surface area contributed by atoms with E-state index in [1.807, 2.05) is 6.07 Å². The number of halogens is 3. The van der Waals surface area contributed by atoms with Gasteiger partial charge >= 0.3 is 12.2 Å². The van der Waals surface area contributed by atoms with Gasteiger partial charge in [-0.25, -0.2) is 4.79 Å². The minimum absolute atomic E-state index is 0.0612. The molecular formula is C21H20F3N3O2. The summed E-state index contributed by atoms with van der Waals surface area (Å²) in [5, 5.41) is 11.3. The second-order valence-electron chi connectivity index (χ2n) is 6.73. The maximum absolute atomic E-state index is 12.8. The fraction of sp³-hybridized carbons (Fsp3) is 0.333. The molecule has 29 heavy (non-hydrogen) atoms. The Hall–Kier alpha value is -3.21. The van der Waals surface area contributed by atoms with Gasteiger partial charge in [-0.3, -0.25) is 0 Å². The molecule has 1 N–H and O–H groups in total. The number of benzene rings is 2. The molecule has 152 valence electrons. The monoisotopic (exact) mass is 403 g/mol. The van der Waals surface area contributed by atoms with Crippen molar-refractivity contribution in [3.63, 3.8) is 0 Å². The molecule has 1 atom stereocenters. The fourth-order valence-electron chi connectivity index (χ4n) is 3.36. The molecule has 0 spiro atoms. The third kappa shape index (κ3) is 5.19. The van der Waals surface area contributed by atoms with E-state index in [-0.39, 0.29) is 18.7 Å². The number of nitrogens with zero attached hydrogens (tertiary/aromatic N) is 2. The Labute approximate surface area is 166 Å². The van der Waals surface area contributed by atoms with Crippen molar-refractivity contribution >= 4 is 11.7 Å². The number of likely N-dealkylation sites (tertiary alicyclic amines) is 1. The van der Waals surface area contributed by atoms with Crippen LogP contribution in [0.25, 0.3) is 0 Å². The number of carbonyl (C=O) groups excluding carboxylic acids is 1. The topological polar surface area (TPSA) is 65.4 Å². The maximum Gasteiger partial charge on any atom is 0.416 e. The van der Waals surface area contributed by atoms with Crippen LogP contribution in [0.1, 0.15) is 36.4 Å². The number of piperidine rings is 1. The molecule has 2 aromatic carbocycles. The van der Waals surface area contributed by atoms with Crippen molar-refractivity contribution in [2.75, 3.05) is 18.5 Å². The molecule has 5 nitrogen and oxygen atoms in total. The normalized spacial score (nSPS) is 16.8. The van der Waals surface area contributed by atoms with E-state index >= 15 is 0 Å². The van der Waals surface area contributed by atoms with Crippen molar-refractivity contribution in [1.82, 2.24) is 4.90 Å². The third-order valence-corrected chi connectivity index (χ3v) is 4.80. The maximum atomic E-state index is 12.8. The number of alkyl halides is 3. The van der Waals surface area contributed by atoms with Gasteiger partial charge in [0, 0.05) is 12.2 Å². The number of carbonyl (C=O) groups is 1. The van der Waals surface area contributed by atoms with Crippen LogP contribution in [0.2, 0.25) is 0 Å². The van der Waals surface area contributed by atoms with Crippen LogP contribution in [0.15, 0.2) is 48.5 Å². The fourth-order valence-corrected chi connectivity index (χ4v) is 3.36. The number of hydrogen-bond donors (Lipinski definition) is 1. The molecule has 2 aromatic rings. The number of rotatable bonds is 4. The minimum Gasteiger partial charge on any atom is -0.479 e. The van der Waals surface area contributed by atoms with Crippen LogP contribution in [0.3, 0.4) is 0 Å². The Morgan fingerprint density at radius 3 is 2.45 bits per heavy atom. The molecule has 1 aliphatic rings. The Morgan fingerprint density at radius 1 is 1.14 bits per heavy atom. The summed E-state index contributed by atoms with van der Waals surface area (Å²) in [7, 11) is 0. The summed E-state index contributed by atoms with van der Waals surface area (Å²) in [5.74, 6) is 0.519. The van der Waals surface area contributed by atoms with Crippen LogP contribution in [-0.2, 0) is 6.18 Å². The molecule has 0 aliphatic carbocycles. The average Bonchev–Trinajstić information content (AvgIpc) is 2.73. The molecule has 2 amide bonds. The smallest absolute Gasteiger partial charge is 0.416 e. The molecule has 1 fully saturated rings. The first-order valence-electron chi connectivity index (χ1n) is 9.23. The van der Waals surface area contributed by atoms with Gasteiger partial charge in [0.25, 0.3) is 0 Å². The predicted molar refractivity (Wildman–Crippen MR) is 101 cm³/mol. The highest BCUT2D eigenvalue weighted by atomic mass is 19.4. The highest BCUT2D eigenvalue weighted by Crippen LogP contribution is 2.34. The number of nitriles is 1. The van der Waals surface area contributed by atoms with Crippen LogP contribution in [0.4, 0.5) is 23.7 Å². The summed E-state index contributed by atoms with van der Waals surface area (Å²) in [4.78, 5) is 14.5. The second-order valence-corrected chi connectivity index (χ2v) is 6.73. The minimum atomic E-state index is -4.38. The molecule has 3 rings (SSSR count). The highest BCUT2D eigenvalue weighted by molar-refractivity contribution is 5.89. The molecule has 0 bridgehead atoms. The molecule has 0 radical (unpaired) electrons. The van der Waals surface area contributed by atoms with Crippen LogP contribution >= 0.6 is 0 Å². The van der Waals surface area contributed by atoms with E-state index in [0.29, 0.717) is 30.0 Å². The lowest BCUT2D eigenvalue weighted by Gasteiger charge is -2.36. The Kier molecular flexibility index (Phi) is 6.27. The third-order valence-electron chi connectivity index (χ3n) is 4.80. The molecule has 1 aliphatic heterocycles. The Balaban J connectivity index is 1.70. The quantitative estimate of drug-likeness (QED) is 0.747. The van der Waals surface area contributed by atoms with E-state index in [9.17, 15) is 18.0 Å². The summed E-state index contributed by atoms with van der Waals surface area (Å²) >= 11 is 0. The van der Waals surface area contributed by atoms with Crippen molar-refractivity contribution in [2.24, 2.45) is 0 Å². The Morgan fingerprint density at radius 2 is 1.83 bits per heavy atom. The van der Waals surface area contributed by atoms with E-state index in [0.717, 1.165) is 25.0 Å². The van der Waals surface area contributed by atoms with Gasteiger partial charge in [0.15, 0.2) is 6.61 Å². The van der Waals surface area contributed by atoms with E-state index in [2.05, 4.69) is 5.32 Å². The van der Waals surface area contributed by atoms with Gasteiger partial charge in [-0.1, -0.05) is 12.1 Å². The van der Waals surface area contributed by atoms with Gasteiger partial charge in [0.05, 0.1) is 11.6 Å². The number of urea groups is 1. The van der Waals surface area contributed by atoms with Crippen molar-refractivity contribution < 1.29 is 22.7 Å². The van der Waals surface area contributed by atoms with Gasteiger partial charge in [-0.05, 0) is 61.2 Å². The van der Waals surface area contributed by atoms with E-state index in [4.69, 9.17) is 10.00 Å². The molecule has 8 heteroatoms. The predicted octanol–water partition coefficient (Wildman–Crippen LogP) is 5.37. The van der Waals surface area contributed by atoms with E-state index < -0.39 is 11.7 Å². The number of amides is 2. The molecule has 0 saturated carbocycles. The zero-order valence-corrected chi connectivity index (χ0v) is 15.6. The first-order valence-corrected chi connectivity index (χ1v) is 9.23. The Bertz CT molecular complexity index is 874. The summed E-state index contributed by atoms with van der Waals surface area (Å²) in [5.41, 5.74) is 0.552. The highest BCUT2D eigenvalue weighted by Gasteiger charge is 2.32. The molecule has 1 heterocycles. The van der Waals surface area contributed by atoms with Crippen molar-refractivity contribution in [3.05, 3.63) is 59.7 Å². The molecule has 1 saturated heterocycles. The number of ether oxygens (including phenoxy) is 1. The van der Waals surface area contributed by atoms with Crippen molar-refractivity contribution in [2.45, 2.75) is 31.5 Å². The first-order chi connectivity index (χ1) is 13.9. The van der Waals surface area contributed by atoms with Crippen LogP contribution < -0.4 is 10.1 Å². The van der Waals surface area contributed by atoms with Crippen LogP contribution in [-0.4, -0.2) is 24.1 Å². The van der Waals surface area contributed by atoms with Gasteiger partial charge in [0.1, 0.15) is 11.8 Å². The standard InChI is InChI=1S/C21H20F3N3O2/c22-21(23,24)16-6-4-15(5-7-16)19-3-1-2-13-27(19)20(28)26-17-8-10-18(11-9-17)29-14-12-25/h4-11,19H,1-3,13-14H2,(H,26,28). The van der Waals surface area contributed by atoms with E-state index in [1.165, 1.54) is 12.1 Å². The average molecular weight is 403 g/mol. The SMILES string of the molecule is N#CCOc1ccc(NC(=O)N2CCCCC2c2ccc(C(F)(F)F)cc2)cc1. The largest absolute Gasteiger partial charge is 0.479 e. The van der Waals surface area contributed by atoms with Crippen LogP contribution in [0.5, 0.6) is 5.75 Å². The number of nitrogens with one attached hydrogen (secondary N) is 1. The van der Waals surface area contributed by atoms with Crippen LogP contribution in [0, 0.1) is 11.3 Å². The summed E-state index contributed by atoms with van der Waals surface area (Å²) < 4.78 is 43.6. The van der Waals surface area contributed by atoms with Gasteiger partial charge < -0.3 is 15.0 Å². The lowest BCUT2D eigenvalue weighted by molar-refractivity contribution is -0.137. The zero-order valence-electron chi connectivity index (χ0n) is 15.6. The van der Waals surface area contributed by atoms with E-state index in [1.54, 1.807) is 29.2 Å². The molecule has 1 unspecified atom stereocenters. The summed E-state index contributed by atoms with van der Waals surface area (Å²) in [6.45, 7) is 0.467. The second kappa shape index (κ2) is 8.86. The summed E-state index contributed by atoms with van der Waals surface area (Å²) in [6.07, 6.45) is -1.95. The summed E-state index contributed by atoms with van der Waals surface area (Å²) in [6, 6.07) is 12.9. The van der Waals surface area contributed by atoms with Gasteiger partial charge in [-0.2, -0.15) is 18.4 Å². The lowest BCUT2D eigenvalue weighted by Crippen LogP contribution is -2.41. The lowest BCUT2D eigenvalue weighted by atomic mass is 9.95. The van der Waals surface area contributed by atoms with Gasteiger partial charge in [0.2, 0.25) is 0 Å².